The van der Waals surface area contributed by atoms with E-state index in [0.29, 0.717) is 32.5 Å². The summed E-state index contributed by atoms with van der Waals surface area (Å²) in [5.74, 6) is 0. The van der Waals surface area contributed by atoms with Gasteiger partial charge in [0.05, 0.1) is 32.0 Å². The number of aliphatic hydroxyl groups is 1. The molecule has 102 valence electrons. The topological polar surface area (TPSA) is 60.0 Å². The van der Waals surface area contributed by atoms with Crippen LogP contribution in [-0.2, 0) is 14.2 Å². The fourth-order valence-electron chi connectivity index (χ4n) is 1.80. The fourth-order valence-corrected chi connectivity index (χ4v) is 1.80. The first-order chi connectivity index (χ1) is 8.33. The van der Waals surface area contributed by atoms with Crippen LogP contribution in [0.2, 0.25) is 0 Å². The van der Waals surface area contributed by atoms with Crippen LogP contribution in [0.1, 0.15) is 19.3 Å². The van der Waals surface area contributed by atoms with Gasteiger partial charge in [0.1, 0.15) is 0 Å². The van der Waals surface area contributed by atoms with E-state index < -0.39 is 6.10 Å². The SMILES string of the molecule is COCCOCC(O)CNCC1CCCCO1. The van der Waals surface area contributed by atoms with Gasteiger partial charge in [-0.3, -0.25) is 0 Å². The van der Waals surface area contributed by atoms with Crippen molar-refractivity contribution in [2.75, 3.05) is 46.6 Å². The summed E-state index contributed by atoms with van der Waals surface area (Å²) >= 11 is 0. The highest BCUT2D eigenvalue weighted by molar-refractivity contribution is 4.68. The van der Waals surface area contributed by atoms with Gasteiger partial charge in [-0.15, -0.1) is 0 Å². The first-order valence-electron chi connectivity index (χ1n) is 6.40. The molecule has 5 nitrogen and oxygen atoms in total. The molecule has 0 amide bonds. The van der Waals surface area contributed by atoms with Gasteiger partial charge >= 0.3 is 0 Å². The van der Waals surface area contributed by atoms with E-state index in [1.165, 1.54) is 12.8 Å². The highest BCUT2D eigenvalue weighted by Gasteiger charge is 2.13. The van der Waals surface area contributed by atoms with Crippen LogP contribution >= 0.6 is 0 Å². The minimum Gasteiger partial charge on any atom is -0.389 e. The van der Waals surface area contributed by atoms with Crippen molar-refractivity contribution in [3.05, 3.63) is 0 Å². The molecule has 0 bridgehead atoms. The third-order valence-corrected chi connectivity index (χ3v) is 2.77. The Morgan fingerprint density at radius 2 is 2.29 bits per heavy atom. The van der Waals surface area contributed by atoms with Crippen LogP contribution in [0.25, 0.3) is 0 Å². The Kier molecular flexibility index (Phi) is 8.56. The summed E-state index contributed by atoms with van der Waals surface area (Å²) in [5.41, 5.74) is 0. The number of aliphatic hydroxyl groups excluding tert-OH is 1. The first kappa shape index (κ1) is 14.9. The Labute approximate surface area is 103 Å². The standard InChI is InChI=1S/C12H25NO4/c1-15-6-7-16-10-11(14)8-13-9-12-4-2-3-5-17-12/h11-14H,2-10H2,1H3. The van der Waals surface area contributed by atoms with Crippen LogP contribution in [-0.4, -0.2) is 63.9 Å². The van der Waals surface area contributed by atoms with Gasteiger partial charge in [0, 0.05) is 26.8 Å². The molecule has 2 N–H and O–H groups in total. The Balaban J connectivity index is 1.90. The fraction of sp³-hybridized carbons (Fsp3) is 1.00. The van der Waals surface area contributed by atoms with Gasteiger partial charge in [0.2, 0.25) is 0 Å². The van der Waals surface area contributed by atoms with Crippen molar-refractivity contribution in [1.29, 1.82) is 0 Å². The van der Waals surface area contributed by atoms with Gasteiger partial charge in [0.25, 0.3) is 0 Å². The van der Waals surface area contributed by atoms with Gasteiger partial charge in [0.15, 0.2) is 0 Å². The van der Waals surface area contributed by atoms with Gasteiger partial charge in [-0.25, -0.2) is 0 Å². The Morgan fingerprint density at radius 1 is 1.41 bits per heavy atom. The third kappa shape index (κ3) is 7.68. The van der Waals surface area contributed by atoms with Crippen molar-refractivity contribution in [3.8, 4) is 0 Å². The Hall–Kier alpha value is -0.200. The molecule has 0 aliphatic carbocycles. The van der Waals surface area contributed by atoms with Crippen LogP contribution in [0.3, 0.4) is 0 Å². The van der Waals surface area contributed by atoms with E-state index in [1.54, 1.807) is 7.11 Å². The van der Waals surface area contributed by atoms with Crippen molar-refractivity contribution in [2.24, 2.45) is 0 Å². The highest BCUT2D eigenvalue weighted by Crippen LogP contribution is 2.11. The molecular formula is C12H25NO4. The largest absolute Gasteiger partial charge is 0.389 e. The molecule has 1 saturated heterocycles. The molecule has 2 atom stereocenters. The van der Waals surface area contributed by atoms with E-state index in [4.69, 9.17) is 14.2 Å². The van der Waals surface area contributed by atoms with E-state index >= 15 is 0 Å². The summed E-state index contributed by atoms with van der Waals surface area (Å²) in [6, 6.07) is 0. The van der Waals surface area contributed by atoms with Crippen LogP contribution in [0.15, 0.2) is 0 Å². The number of nitrogens with one attached hydrogen (secondary N) is 1. The lowest BCUT2D eigenvalue weighted by Crippen LogP contribution is -2.37. The van der Waals surface area contributed by atoms with Crippen molar-refractivity contribution in [1.82, 2.24) is 5.32 Å². The Bertz CT molecular complexity index is 174. The van der Waals surface area contributed by atoms with Gasteiger partial charge in [-0.1, -0.05) is 0 Å². The van der Waals surface area contributed by atoms with Crippen LogP contribution in [0, 0.1) is 0 Å². The molecule has 1 aliphatic heterocycles. The predicted molar refractivity (Wildman–Crippen MR) is 65.2 cm³/mol. The van der Waals surface area contributed by atoms with Crippen molar-refractivity contribution in [3.63, 3.8) is 0 Å². The summed E-state index contributed by atoms with van der Waals surface area (Å²) < 4.78 is 15.7. The van der Waals surface area contributed by atoms with E-state index in [0.717, 1.165) is 19.6 Å². The summed E-state index contributed by atoms with van der Waals surface area (Å²) in [7, 11) is 1.63. The lowest BCUT2D eigenvalue weighted by molar-refractivity contribution is 0.00287. The second-order valence-corrected chi connectivity index (χ2v) is 4.37. The highest BCUT2D eigenvalue weighted by atomic mass is 16.5. The second-order valence-electron chi connectivity index (χ2n) is 4.37. The molecule has 1 fully saturated rings. The third-order valence-electron chi connectivity index (χ3n) is 2.77. The van der Waals surface area contributed by atoms with Gasteiger partial charge in [-0.05, 0) is 19.3 Å². The van der Waals surface area contributed by atoms with Crippen LogP contribution in [0.5, 0.6) is 0 Å². The van der Waals surface area contributed by atoms with Crippen molar-refractivity contribution < 1.29 is 19.3 Å². The molecule has 0 aromatic rings. The molecule has 0 radical (unpaired) electrons. The molecule has 0 aromatic carbocycles. The zero-order chi connectivity index (χ0) is 12.3. The zero-order valence-corrected chi connectivity index (χ0v) is 10.7. The van der Waals surface area contributed by atoms with E-state index in [9.17, 15) is 5.11 Å². The van der Waals surface area contributed by atoms with Crippen molar-refractivity contribution >= 4 is 0 Å². The van der Waals surface area contributed by atoms with Crippen LogP contribution < -0.4 is 5.32 Å². The maximum Gasteiger partial charge on any atom is 0.0897 e. The molecule has 2 unspecified atom stereocenters. The number of methoxy groups -OCH3 is 1. The lowest BCUT2D eigenvalue weighted by Gasteiger charge is -2.23. The monoisotopic (exact) mass is 247 g/mol. The smallest absolute Gasteiger partial charge is 0.0897 e. The Morgan fingerprint density at radius 3 is 3.00 bits per heavy atom. The second kappa shape index (κ2) is 9.79. The minimum atomic E-state index is -0.463. The predicted octanol–water partition coefficient (Wildman–Crippen LogP) is 0.169. The quantitative estimate of drug-likeness (QED) is 0.569. The minimum absolute atomic E-state index is 0.311. The molecule has 0 spiro atoms. The molecule has 17 heavy (non-hydrogen) atoms. The molecule has 1 aliphatic rings. The molecule has 1 rings (SSSR count). The van der Waals surface area contributed by atoms with E-state index in [1.807, 2.05) is 0 Å². The molecular weight excluding hydrogens is 222 g/mol. The number of rotatable bonds is 9. The first-order valence-corrected chi connectivity index (χ1v) is 6.40. The molecule has 0 saturated carbocycles. The molecule has 1 heterocycles. The summed E-state index contributed by atoms with van der Waals surface area (Å²) in [6.07, 6.45) is 3.38. The number of hydrogen-bond acceptors (Lipinski definition) is 5. The number of hydrogen-bond donors (Lipinski definition) is 2. The van der Waals surface area contributed by atoms with Gasteiger partial charge < -0.3 is 24.6 Å². The normalized spacial score (nSPS) is 22.6. The van der Waals surface area contributed by atoms with Gasteiger partial charge in [-0.2, -0.15) is 0 Å². The average Bonchev–Trinajstić information content (AvgIpc) is 2.36. The van der Waals surface area contributed by atoms with Crippen LogP contribution in [0.4, 0.5) is 0 Å². The van der Waals surface area contributed by atoms with E-state index in [-0.39, 0.29) is 0 Å². The zero-order valence-electron chi connectivity index (χ0n) is 10.7. The maximum atomic E-state index is 9.61. The molecule has 0 aromatic heterocycles. The summed E-state index contributed by atoms with van der Waals surface area (Å²) in [4.78, 5) is 0. The van der Waals surface area contributed by atoms with E-state index in [2.05, 4.69) is 5.32 Å². The number of ether oxygens (including phenoxy) is 3. The maximum absolute atomic E-state index is 9.61. The lowest BCUT2D eigenvalue weighted by atomic mass is 10.1. The van der Waals surface area contributed by atoms with Crippen molar-refractivity contribution in [2.45, 2.75) is 31.5 Å². The molecule has 5 heteroatoms. The average molecular weight is 247 g/mol. The summed E-state index contributed by atoms with van der Waals surface area (Å²) in [5, 5.41) is 12.8. The summed E-state index contributed by atoms with van der Waals surface area (Å²) in [6.45, 7) is 3.67.